The van der Waals surface area contributed by atoms with Gasteiger partial charge in [0.2, 0.25) is 11.8 Å². The molecule has 2 aromatic rings. The molecule has 7 heteroatoms. The first-order chi connectivity index (χ1) is 12.9. The molecule has 0 saturated heterocycles. The van der Waals surface area contributed by atoms with E-state index in [2.05, 4.69) is 10.6 Å². The third kappa shape index (κ3) is 3.80. The summed E-state index contributed by atoms with van der Waals surface area (Å²) in [5.74, 6) is -1.40. The number of benzene rings is 2. The minimum Gasteiger partial charge on any atom is -0.465 e. The molecule has 0 heterocycles. The van der Waals surface area contributed by atoms with Gasteiger partial charge in [-0.25, -0.2) is 4.79 Å². The van der Waals surface area contributed by atoms with Gasteiger partial charge in [0.05, 0.1) is 18.4 Å². The largest absolute Gasteiger partial charge is 0.465 e. The summed E-state index contributed by atoms with van der Waals surface area (Å²) < 4.78 is 4.73. The highest BCUT2D eigenvalue weighted by Gasteiger charge is 2.56. The van der Waals surface area contributed by atoms with Crippen molar-refractivity contribution < 1.29 is 19.1 Å². The Labute approximate surface area is 161 Å². The lowest BCUT2D eigenvalue weighted by Crippen LogP contribution is -2.36. The summed E-state index contributed by atoms with van der Waals surface area (Å²) in [6, 6.07) is 11.7. The molecule has 1 fully saturated rings. The molecule has 0 radical (unpaired) electrons. The molecule has 0 aliphatic heterocycles. The average molecular weight is 387 g/mol. The highest BCUT2D eigenvalue weighted by Crippen LogP contribution is 2.47. The summed E-state index contributed by atoms with van der Waals surface area (Å²) in [7, 11) is 1.27. The SMILES string of the molecule is COC(=O)c1ccccc1NC(=O)C1(C(=O)Nc2cc(Cl)ccc2C)CC1. The standard InChI is InChI=1S/C20H19ClN2O4/c1-12-7-8-13(21)11-16(12)23-19(26)20(9-10-20)18(25)22-15-6-4-3-5-14(15)17(24)27-2/h3-8,11H,9-10H2,1-2H3,(H,22,25)(H,23,26). The van der Waals surface area contributed by atoms with Crippen LogP contribution >= 0.6 is 11.6 Å². The van der Waals surface area contributed by atoms with E-state index < -0.39 is 17.3 Å². The number of aryl methyl sites for hydroxylation is 1. The molecule has 2 aromatic carbocycles. The molecule has 2 N–H and O–H groups in total. The smallest absolute Gasteiger partial charge is 0.339 e. The maximum Gasteiger partial charge on any atom is 0.339 e. The maximum atomic E-state index is 12.8. The number of esters is 1. The van der Waals surface area contributed by atoms with Gasteiger partial charge in [-0.1, -0.05) is 29.8 Å². The molecule has 1 aliphatic rings. The molecule has 0 bridgehead atoms. The second-order valence-electron chi connectivity index (χ2n) is 6.49. The quantitative estimate of drug-likeness (QED) is 0.604. The zero-order valence-electron chi connectivity index (χ0n) is 15.0. The highest BCUT2D eigenvalue weighted by molar-refractivity contribution is 6.31. The van der Waals surface area contributed by atoms with Crippen LogP contribution in [0.1, 0.15) is 28.8 Å². The molecule has 140 valence electrons. The van der Waals surface area contributed by atoms with Crippen molar-refractivity contribution in [3.63, 3.8) is 0 Å². The molecule has 6 nitrogen and oxygen atoms in total. The van der Waals surface area contributed by atoms with Crippen LogP contribution in [-0.2, 0) is 14.3 Å². The second-order valence-corrected chi connectivity index (χ2v) is 6.92. The van der Waals surface area contributed by atoms with Gasteiger partial charge < -0.3 is 15.4 Å². The van der Waals surface area contributed by atoms with Gasteiger partial charge in [0.25, 0.3) is 0 Å². The van der Waals surface area contributed by atoms with Crippen LogP contribution in [-0.4, -0.2) is 24.9 Å². The predicted molar refractivity (Wildman–Crippen MR) is 103 cm³/mol. The highest BCUT2D eigenvalue weighted by atomic mass is 35.5. The van der Waals surface area contributed by atoms with Gasteiger partial charge in [-0.05, 0) is 49.6 Å². The Morgan fingerprint density at radius 3 is 2.26 bits per heavy atom. The summed E-state index contributed by atoms with van der Waals surface area (Å²) >= 11 is 5.99. The fraction of sp³-hybridized carbons (Fsp3) is 0.250. The summed E-state index contributed by atoms with van der Waals surface area (Å²) in [5.41, 5.74) is 0.807. The van der Waals surface area contributed by atoms with Gasteiger partial charge in [0, 0.05) is 10.7 Å². The van der Waals surface area contributed by atoms with E-state index in [1.54, 1.807) is 42.5 Å². The molecule has 2 amide bonds. The third-order valence-corrected chi connectivity index (χ3v) is 4.88. The molecule has 27 heavy (non-hydrogen) atoms. The van der Waals surface area contributed by atoms with Crippen molar-refractivity contribution in [3.8, 4) is 0 Å². The Balaban J connectivity index is 1.78. The normalized spacial score (nSPS) is 14.2. The monoisotopic (exact) mass is 386 g/mol. The number of hydrogen-bond donors (Lipinski definition) is 2. The van der Waals surface area contributed by atoms with Crippen LogP contribution in [0.15, 0.2) is 42.5 Å². The number of rotatable bonds is 5. The van der Waals surface area contributed by atoms with Crippen molar-refractivity contribution in [1.29, 1.82) is 0 Å². The van der Waals surface area contributed by atoms with E-state index in [4.69, 9.17) is 16.3 Å². The van der Waals surface area contributed by atoms with E-state index in [1.165, 1.54) is 7.11 Å². The lowest BCUT2D eigenvalue weighted by molar-refractivity contribution is -0.131. The van der Waals surface area contributed by atoms with E-state index in [-0.39, 0.29) is 11.5 Å². The van der Waals surface area contributed by atoms with Gasteiger partial charge >= 0.3 is 5.97 Å². The number of hydrogen-bond acceptors (Lipinski definition) is 4. The van der Waals surface area contributed by atoms with Crippen LogP contribution in [0.2, 0.25) is 5.02 Å². The lowest BCUT2D eigenvalue weighted by atomic mass is 10.0. The molecule has 1 saturated carbocycles. The molecule has 1 aliphatic carbocycles. The van der Waals surface area contributed by atoms with Crippen molar-refractivity contribution in [3.05, 3.63) is 58.6 Å². The first-order valence-electron chi connectivity index (χ1n) is 8.44. The number of carbonyl (C=O) groups excluding carboxylic acids is 3. The van der Waals surface area contributed by atoms with Crippen LogP contribution in [0.3, 0.4) is 0 Å². The van der Waals surface area contributed by atoms with Crippen LogP contribution in [0.25, 0.3) is 0 Å². The van der Waals surface area contributed by atoms with Gasteiger partial charge in [0.15, 0.2) is 0 Å². The second kappa shape index (κ2) is 7.40. The number of ether oxygens (including phenoxy) is 1. The van der Waals surface area contributed by atoms with Crippen molar-refractivity contribution >= 4 is 40.8 Å². The van der Waals surface area contributed by atoms with Crippen molar-refractivity contribution in [2.75, 3.05) is 17.7 Å². The van der Waals surface area contributed by atoms with Gasteiger partial charge in [-0.15, -0.1) is 0 Å². The molecule has 0 unspecified atom stereocenters. The fourth-order valence-electron chi connectivity index (χ4n) is 2.78. The number of methoxy groups -OCH3 is 1. The van der Waals surface area contributed by atoms with E-state index in [0.717, 1.165) is 5.56 Å². The van der Waals surface area contributed by atoms with Crippen LogP contribution in [0.5, 0.6) is 0 Å². The topological polar surface area (TPSA) is 84.5 Å². The molecular weight excluding hydrogens is 368 g/mol. The minimum absolute atomic E-state index is 0.232. The minimum atomic E-state index is -1.15. The first kappa shape index (κ1) is 18.9. The number of carbonyl (C=O) groups is 3. The molecule has 0 aromatic heterocycles. The van der Waals surface area contributed by atoms with Crippen molar-refractivity contribution in [2.45, 2.75) is 19.8 Å². The number of para-hydroxylation sites is 1. The Morgan fingerprint density at radius 1 is 1.00 bits per heavy atom. The summed E-state index contributed by atoms with van der Waals surface area (Å²) in [6.45, 7) is 1.85. The van der Waals surface area contributed by atoms with Gasteiger partial charge in [-0.2, -0.15) is 0 Å². The Morgan fingerprint density at radius 2 is 1.63 bits per heavy atom. The van der Waals surface area contributed by atoms with Crippen molar-refractivity contribution in [2.24, 2.45) is 5.41 Å². The van der Waals surface area contributed by atoms with E-state index in [1.807, 2.05) is 6.92 Å². The molecular formula is C20H19ClN2O4. The number of amides is 2. The van der Waals surface area contributed by atoms with E-state index in [9.17, 15) is 14.4 Å². The van der Waals surface area contributed by atoms with E-state index in [0.29, 0.717) is 29.2 Å². The number of nitrogens with one attached hydrogen (secondary N) is 2. The van der Waals surface area contributed by atoms with Crippen molar-refractivity contribution in [1.82, 2.24) is 0 Å². The lowest BCUT2D eigenvalue weighted by Gasteiger charge is -2.17. The van der Waals surface area contributed by atoms with E-state index >= 15 is 0 Å². The Kier molecular flexibility index (Phi) is 5.19. The number of anilines is 2. The maximum absolute atomic E-state index is 12.8. The zero-order valence-corrected chi connectivity index (χ0v) is 15.7. The Hall–Kier alpha value is -2.86. The van der Waals surface area contributed by atoms with Gasteiger partial charge in [-0.3, -0.25) is 9.59 Å². The number of halogens is 1. The van der Waals surface area contributed by atoms with Crippen LogP contribution in [0, 0.1) is 12.3 Å². The van der Waals surface area contributed by atoms with Crippen LogP contribution < -0.4 is 10.6 Å². The zero-order chi connectivity index (χ0) is 19.6. The molecule has 0 atom stereocenters. The summed E-state index contributed by atoms with van der Waals surface area (Å²) in [4.78, 5) is 37.4. The summed E-state index contributed by atoms with van der Waals surface area (Å²) in [5, 5.41) is 5.99. The third-order valence-electron chi connectivity index (χ3n) is 4.65. The predicted octanol–water partition coefficient (Wildman–Crippen LogP) is 3.79. The molecule has 3 rings (SSSR count). The first-order valence-corrected chi connectivity index (χ1v) is 8.81. The van der Waals surface area contributed by atoms with Crippen LogP contribution in [0.4, 0.5) is 11.4 Å². The molecule has 0 spiro atoms. The summed E-state index contributed by atoms with van der Waals surface area (Å²) in [6.07, 6.45) is 0.870. The average Bonchev–Trinajstić information content (AvgIpc) is 3.46. The van der Waals surface area contributed by atoms with Gasteiger partial charge in [0.1, 0.15) is 5.41 Å². The fourth-order valence-corrected chi connectivity index (χ4v) is 2.95. The Bertz CT molecular complexity index is 922.